The number of hydrogen-bond donors (Lipinski definition) is 1. The first kappa shape index (κ1) is 11.5. The van der Waals surface area contributed by atoms with Crippen LogP contribution in [0.15, 0.2) is 22.7 Å². The molecule has 0 aliphatic heterocycles. The molecule has 0 aliphatic rings. The quantitative estimate of drug-likeness (QED) is 0.920. The normalized spacial score (nSPS) is 13.1. The van der Waals surface area contributed by atoms with E-state index in [1.165, 1.54) is 0 Å². The summed E-state index contributed by atoms with van der Waals surface area (Å²) < 4.78 is 8.51. The number of benzene rings is 1. The summed E-state index contributed by atoms with van der Waals surface area (Å²) in [5.74, 6) is 0.868. The Balaban J connectivity index is 2.88. The van der Waals surface area contributed by atoms with E-state index in [1.54, 1.807) is 7.11 Å². The lowest BCUT2D eigenvalue weighted by Crippen LogP contribution is -2.10. The lowest BCUT2D eigenvalue weighted by atomic mass is 10.2. The van der Waals surface area contributed by atoms with Crippen LogP contribution < -0.4 is 10.5 Å². The third-order valence-corrected chi connectivity index (χ3v) is 3.64. The molecule has 0 saturated heterocycles. The van der Waals surface area contributed by atoms with Gasteiger partial charge in [-0.05, 0) is 28.9 Å². The van der Waals surface area contributed by atoms with E-state index in [0.29, 0.717) is 0 Å². The van der Waals surface area contributed by atoms with E-state index in [1.807, 2.05) is 26.1 Å². The van der Waals surface area contributed by atoms with Crippen LogP contribution in [0.2, 0.25) is 0 Å². The van der Waals surface area contributed by atoms with Crippen LogP contribution in [0, 0.1) is 0 Å². The van der Waals surface area contributed by atoms with Gasteiger partial charge in [0.25, 0.3) is 0 Å². The maximum absolute atomic E-state index is 5.98. The molecule has 0 aliphatic carbocycles. The molecule has 0 spiro atoms. The molecule has 1 unspecified atom stereocenters. The standard InChI is InChI=1S/C12H15BrN2O/c1-7(14)11-10(13)8-5-4-6-9(16-3)12(8)15(11)2/h4-7H,14H2,1-3H3. The zero-order valence-electron chi connectivity index (χ0n) is 9.62. The van der Waals surface area contributed by atoms with Gasteiger partial charge in [-0.2, -0.15) is 0 Å². The zero-order valence-corrected chi connectivity index (χ0v) is 11.2. The fourth-order valence-corrected chi connectivity index (χ4v) is 3.07. The Labute approximate surface area is 103 Å². The molecule has 4 heteroatoms. The van der Waals surface area contributed by atoms with Crippen LogP contribution in [0.4, 0.5) is 0 Å². The van der Waals surface area contributed by atoms with Gasteiger partial charge in [0.1, 0.15) is 5.75 Å². The summed E-state index contributed by atoms with van der Waals surface area (Å²) in [6.45, 7) is 1.98. The van der Waals surface area contributed by atoms with Crippen molar-refractivity contribution in [2.24, 2.45) is 12.8 Å². The van der Waals surface area contributed by atoms with Gasteiger partial charge in [-0.15, -0.1) is 0 Å². The van der Waals surface area contributed by atoms with E-state index >= 15 is 0 Å². The van der Waals surface area contributed by atoms with Crippen molar-refractivity contribution in [3.8, 4) is 5.75 Å². The summed E-state index contributed by atoms with van der Waals surface area (Å²) in [7, 11) is 3.69. The Bertz CT molecular complexity index is 531. The molecule has 0 amide bonds. The lowest BCUT2D eigenvalue weighted by molar-refractivity contribution is 0.417. The molecule has 1 aromatic carbocycles. The van der Waals surface area contributed by atoms with Gasteiger partial charge < -0.3 is 15.0 Å². The lowest BCUT2D eigenvalue weighted by Gasteiger charge is -2.09. The fraction of sp³-hybridized carbons (Fsp3) is 0.333. The summed E-state index contributed by atoms with van der Waals surface area (Å²) in [6, 6.07) is 5.99. The van der Waals surface area contributed by atoms with E-state index < -0.39 is 0 Å². The monoisotopic (exact) mass is 282 g/mol. The van der Waals surface area contributed by atoms with Gasteiger partial charge in [0.05, 0.1) is 12.6 Å². The number of nitrogens with two attached hydrogens (primary N) is 1. The second kappa shape index (κ2) is 4.11. The molecule has 0 fully saturated rings. The first-order chi connectivity index (χ1) is 7.57. The highest BCUT2D eigenvalue weighted by Gasteiger charge is 2.18. The molecular formula is C12H15BrN2O. The van der Waals surface area contributed by atoms with Crippen molar-refractivity contribution < 1.29 is 4.74 Å². The van der Waals surface area contributed by atoms with Crippen LogP contribution in [0.25, 0.3) is 10.9 Å². The molecule has 86 valence electrons. The van der Waals surface area contributed by atoms with E-state index in [2.05, 4.69) is 26.6 Å². The summed E-state index contributed by atoms with van der Waals surface area (Å²) >= 11 is 3.61. The third kappa shape index (κ3) is 1.53. The van der Waals surface area contributed by atoms with Crippen LogP contribution in [0.3, 0.4) is 0 Å². The average molecular weight is 283 g/mol. The molecule has 0 saturated carbocycles. The van der Waals surface area contributed by atoms with Crippen LogP contribution in [-0.2, 0) is 7.05 Å². The molecule has 2 N–H and O–H groups in total. The van der Waals surface area contributed by atoms with Gasteiger partial charge in [0.15, 0.2) is 0 Å². The Kier molecular flexibility index (Phi) is 2.95. The van der Waals surface area contributed by atoms with Crippen molar-refractivity contribution in [3.05, 3.63) is 28.4 Å². The minimum absolute atomic E-state index is 0.0171. The Morgan fingerprint density at radius 2 is 2.12 bits per heavy atom. The average Bonchev–Trinajstić information content (AvgIpc) is 2.51. The van der Waals surface area contributed by atoms with Gasteiger partial charge in [-0.3, -0.25) is 0 Å². The highest BCUT2D eigenvalue weighted by atomic mass is 79.9. The molecule has 2 rings (SSSR count). The predicted molar refractivity (Wildman–Crippen MR) is 69.8 cm³/mol. The maximum Gasteiger partial charge on any atom is 0.143 e. The second-order valence-electron chi connectivity index (χ2n) is 3.90. The van der Waals surface area contributed by atoms with Crippen molar-refractivity contribution in [1.29, 1.82) is 0 Å². The van der Waals surface area contributed by atoms with E-state index in [4.69, 9.17) is 10.5 Å². The van der Waals surface area contributed by atoms with Crippen LogP contribution in [-0.4, -0.2) is 11.7 Å². The Morgan fingerprint density at radius 3 is 2.69 bits per heavy atom. The minimum atomic E-state index is -0.0171. The van der Waals surface area contributed by atoms with Crippen molar-refractivity contribution in [3.63, 3.8) is 0 Å². The van der Waals surface area contributed by atoms with Gasteiger partial charge in [-0.1, -0.05) is 12.1 Å². The molecule has 1 aromatic heterocycles. The summed E-state index contributed by atoms with van der Waals surface area (Å²) in [4.78, 5) is 0. The summed E-state index contributed by atoms with van der Waals surface area (Å²) in [5, 5.41) is 1.13. The smallest absolute Gasteiger partial charge is 0.143 e. The van der Waals surface area contributed by atoms with Gasteiger partial charge in [-0.25, -0.2) is 0 Å². The number of rotatable bonds is 2. The van der Waals surface area contributed by atoms with Crippen LogP contribution >= 0.6 is 15.9 Å². The van der Waals surface area contributed by atoms with Crippen molar-refractivity contribution >= 4 is 26.8 Å². The van der Waals surface area contributed by atoms with Crippen LogP contribution in [0.1, 0.15) is 18.7 Å². The number of halogens is 1. The molecule has 1 heterocycles. The first-order valence-electron chi connectivity index (χ1n) is 5.14. The topological polar surface area (TPSA) is 40.2 Å². The number of hydrogen-bond acceptors (Lipinski definition) is 2. The van der Waals surface area contributed by atoms with Gasteiger partial charge in [0, 0.05) is 28.6 Å². The Hall–Kier alpha value is -1.00. The number of aromatic nitrogens is 1. The number of fused-ring (bicyclic) bond motifs is 1. The van der Waals surface area contributed by atoms with Crippen molar-refractivity contribution in [2.45, 2.75) is 13.0 Å². The van der Waals surface area contributed by atoms with Crippen molar-refractivity contribution in [2.75, 3.05) is 7.11 Å². The largest absolute Gasteiger partial charge is 0.495 e. The van der Waals surface area contributed by atoms with E-state index in [0.717, 1.165) is 26.8 Å². The SMILES string of the molecule is COc1cccc2c(Br)c(C(C)N)n(C)c12. The number of nitrogens with zero attached hydrogens (tertiary/aromatic N) is 1. The minimum Gasteiger partial charge on any atom is -0.495 e. The number of ether oxygens (including phenoxy) is 1. The van der Waals surface area contributed by atoms with Crippen molar-refractivity contribution in [1.82, 2.24) is 4.57 Å². The third-order valence-electron chi connectivity index (χ3n) is 2.81. The summed E-state index contributed by atoms with van der Waals surface area (Å²) in [5.41, 5.74) is 8.14. The number of methoxy groups -OCH3 is 1. The predicted octanol–water partition coefficient (Wildman–Crippen LogP) is 2.97. The fourth-order valence-electron chi connectivity index (χ4n) is 2.12. The van der Waals surface area contributed by atoms with E-state index in [9.17, 15) is 0 Å². The molecule has 16 heavy (non-hydrogen) atoms. The second-order valence-corrected chi connectivity index (χ2v) is 4.70. The molecule has 0 bridgehead atoms. The van der Waals surface area contributed by atoms with Crippen LogP contribution in [0.5, 0.6) is 5.75 Å². The molecule has 1 atom stereocenters. The first-order valence-corrected chi connectivity index (χ1v) is 5.93. The molecule has 3 nitrogen and oxygen atoms in total. The molecule has 0 radical (unpaired) electrons. The van der Waals surface area contributed by atoms with Gasteiger partial charge >= 0.3 is 0 Å². The van der Waals surface area contributed by atoms with E-state index in [-0.39, 0.29) is 6.04 Å². The highest BCUT2D eigenvalue weighted by molar-refractivity contribution is 9.10. The summed E-state index contributed by atoms with van der Waals surface area (Å²) in [6.07, 6.45) is 0. The molecular weight excluding hydrogens is 268 g/mol. The van der Waals surface area contributed by atoms with Gasteiger partial charge in [0.2, 0.25) is 0 Å². The Morgan fingerprint density at radius 1 is 1.44 bits per heavy atom. The number of aryl methyl sites for hydroxylation is 1. The highest BCUT2D eigenvalue weighted by Crippen LogP contribution is 2.37. The molecule has 2 aromatic rings. The maximum atomic E-state index is 5.98. The zero-order chi connectivity index (χ0) is 11.9. The number of para-hydroxylation sites is 1.